The van der Waals surface area contributed by atoms with E-state index in [1.165, 1.54) is 14.2 Å². The molecule has 0 aliphatic heterocycles. The van der Waals surface area contributed by atoms with Crippen molar-refractivity contribution in [1.82, 2.24) is 10.4 Å². The van der Waals surface area contributed by atoms with Crippen LogP contribution in [0.15, 0.2) is 60.7 Å². The van der Waals surface area contributed by atoms with Gasteiger partial charge in [-0.1, -0.05) is 48.5 Å². The van der Waals surface area contributed by atoms with E-state index >= 15 is 0 Å². The number of likely N-dealkylation sites (N-methyl/N-ethyl adjacent to an activating group) is 1. The minimum absolute atomic E-state index is 0.0417. The van der Waals surface area contributed by atoms with Gasteiger partial charge in [-0.25, -0.2) is 5.06 Å². The highest BCUT2D eigenvalue weighted by Crippen LogP contribution is 2.04. The van der Waals surface area contributed by atoms with Gasteiger partial charge in [0, 0.05) is 12.6 Å². The Morgan fingerprint density at radius 1 is 1.04 bits per heavy atom. The molecule has 2 aromatic rings. The molecule has 2 aromatic carbocycles. The van der Waals surface area contributed by atoms with Gasteiger partial charge in [-0.15, -0.1) is 0 Å². The number of rotatable bonds is 8. The second-order valence-corrected chi connectivity index (χ2v) is 5.41. The van der Waals surface area contributed by atoms with Gasteiger partial charge in [0.15, 0.2) is 0 Å². The first-order chi connectivity index (χ1) is 12.1. The Labute approximate surface area is 147 Å². The molecule has 0 spiro atoms. The van der Waals surface area contributed by atoms with Crippen LogP contribution in [-0.2, 0) is 21.0 Å². The summed E-state index contributed by atoms with van der Waals surface area (Å²) in [5.74, 6) is -0.730. The topological polar surface area (TPSA) is 67.9 Å². The van der Waals surface area contributed by atoms with Crippen LogP contribution in [0.2, 0.25) is 0 Å². The fraction of sp³-hybridized carbons (Fsp3) is 0.263. The highest BCUT2D eigenvalue weighted by molar-refractivity contribution is 5.97. The number of hydrogen-bond acceptors (Lipinski definition) is 4. The number of hydroxylamine groups is 2. The number of nitrogens with zero attached hydrogens (tertiary/aromatic N) is 1. The zero-order valence-electron chi connectivity index (χ0n) is 14.3. The van der Waals surface area contributed by atoms with Crippen molar-refractivity contribution in [2.45, 2.75) is 12.6 Å². The van der Waals surface area contributed by atoms with E-state index < -0.39 is 6.04 Å². The average molecular weight is 342 g/mol. The van der Waals surface area contributed by atoms with Crippen molar-refractivity contribution in [3.63, 3.8) is 0 Å². The molecule has 0 fully saturated rings. The Balaban J connectivity index is 1.99. The van der Waals surface area contributed by atoms with Crippen LogP contribution in [0.1, 0.15) is 15.9 Å². The van der Waals surface area contributed by atoms with Crippen molar-refractivity contribution in [3.05, 3.63) is 71.8 Å². The first-order valence-electron chi connectivity index (χ1n) is 7.91. The van der Waals surface area contributed by atoms with Gasteiger partial charge in [-0.3, -0.25) is 14.4 Å². The molecule has 2 rings (SSSR count). The van der Waals surface area contributed by atoms with Gasteiger partial charge in [0.25, 0.3) is 11.8 Å². The van der Waals surface area contributed by atoms with E-state index in [0.717, 1.165) is 10.6 Å². The number of carbonyl (C=O) groups excluding carboxylic acids is 2. The first-order valence-corrected chi connectivity index (χ1v) is 7.91. The second kappa shape index (κ2) is 9.56. The van der Waals surface area contributed by atoms with E-state index in [0.29, 0.717) is 12.2 Å². The monoisotopic (exact) mass is 342 g/mol. The highest BCUT2D eigenvalue weighted by atomic mass is 16.7. The van der Waals surface area contributed by atoms with Gasteiger partial charge in [0.2, 0.25) is 0 Å². The molecule has 0 aromatic heterocycles. The maximum Gasteiger partial charge on any atom is 0.270 e. The molecule has 0 bridgehead atoms. The van der Waals surface area contributed by atoms with Gasteiger partial charge in [-0.05, 0) is 17.7 Å². The number of amides is 2. The molecule has 0 saturated heterocycles. The standard InChI is InChI=1S/C19H22N2O4/c1-21(24-2)19(23)17(14-25-13-15-9-5-3-6-10-15)20-18(22)16-11-7-4-8-12-16/h3-12,17H,13-14H2,1-2H3,(H,20,22). The number of carbonyl (C=O) groups is 2. The lowest BCUT2D eigenvalue weighted by molar-refractivity contribution is -0.172. The van der Waals surface area contributed by atoms with Crippen LogP contribution < -0.4 is 5.32 Å². The van der Waals surface area contributed by atoms with Crippen LogP contribution in [0.25, 0.3) is 0 Å². The van der Waals surface area contributed by atoms with Crippen molar-refractivity contribution in [3.8, 4) is 0 Å². The van der Waals surface area contributed by atoms with E-state index in [-0.39, 0.29) is 18.4 Å². The molecule has 0 aliphatic rings. The van der Waals surface area contributed by atoms with Gasteiger partial charge in [0.05, 0.1) is 20.3 Å². The molecule has 1 N–H and O–H groups in total. The number of ether oxygens (including phenoxy) is 1. The Morgan fingerprint density at radius 2 is 1.64 bits per heavy atom. The van der Waals surface area contributed by atoms with Gasteiger partial charge < -0.3 is 10.1 Å². The van der Waals surface area contributed by atoms with Crippen molar-refractivity contribution < 1.29 is 19.2 Å². The van der Waals surface area contributed by atoms with Crippen molar-refractivity contribution in [2.24, 2.45) is 0 Å². The predicted molar refractivity (Wildman–Crippen MR) is 93.6 cm³/mol. The molecule has 1 atom stereocenters. The smallest absolute Gasteiger partial charge is 0.270 e. The summed E-state index contributed by atoms with van der Waals surface area (Å²) in [6, 6.07) is 17.5. The fourth-order valence-electron chi connectivity index (χ4n) is 2.18. The maximum absolute atomic E-state index is 12.4. The zero-order chi connectivity index (χ0) is 18.1. The zero-order valence-corrected chi connectivity index (χ0v) is 14.3. The van der Waals surface area contributed by atoms with Crippen LogP contribution in [0.3, 0.4) is 0 Å². The third kappa shape index (κ3) is 5.70. The highest BCUT2D eigenvalue weighted by Gasteiger charge is 2.25. The summed E-state index contributed by atoms with van der Waals surface area (Å²) >= 11 is 0. The van der Waals surface area contributed by atoms with E-state index in [1.807, 2.05) is 36.4 Å². The van der Waals surface area contributed by atoms with Crippen LogP contribution >= 0.6 is 0 Å². The summed E-state index contributed by atoms with van der Waals surface area (Å²) in [4.78, 5) is 29.6. The molecule has 0 aliphatic carbocycles. The Kier molecular flexibility index (Phi) is 7.13. The van der Waals surface area contributed by atoms with Crippen LogP contribution in [0.4, 0.5) is 0 Å². The maximum atomic E-state index is 12.4. The van der Waals surface area contributed by atoms with Crippen LogP contribution in [-0.4, -0.2) is 43.7 Å². The third-order valence-electron chi connectivity index (χ3n) is 3.62. The first kappa shape index (κ1) is 18.6. The SMILES string of the molecule is CON(C)C(=O)C(COCc1ccccc1)NC(=O)c1ccccc1. The molecular formula is C19H22N2O4. The largest absolute Gasteiger partial charge is 0.374 e. The van der Waals surface area contributed by atoms with E-state index in [9.17, 15) is 9.59 Å². The molecule has 0 radical (unpaired) electrons. The summed E-state index contributed by atoms with van der Waals surface area (Å²) in [6.07, 6.45) is 0. The molecule has 0 saturated carbocycles. The molecule has 0 heterocycles. The summed E-state index contributed by atoms with van der Waals surface area (Å²) in [5, 5.41) is 3.77. The predicted octanol–water partition coefficient (Wildman–Crippen LogP) is 2.02. The van der Waals surface area contributed by atoms with Crippen molar-refractivity contribution in [2.75, 3.05) is 20.8 Å². The summed E-state index contributed by atoms with van der Waals surface area (Å²) < 4.78 is 5.62. The van der Waals surface area contributed by atoms with Gasteiger partial charge in [0.1, 0.15) is 6.04 Å². The number of hydrogen-bond donors (Lipinski definition) is 1. The lowest BCUT2D eigenvalue weighted by atomic mass is 10.2. The molecule has 132 valence electrons. The minimum Gasteiger partial charge on any atom is -0.374 e. The van der Waals surface area contributed by atoms with E-state index in [2.05, 4.69) is 5.32 Å². The normalized spacial score (nSPS) is 11.6. The molecule has 25 heavy (non-hydrogen) atoms. The third-order valence-corrected chi connectivity index (χ3v) is 3.62. The number of benzene rings is 2. The molecule has 6 nitrogen and oxygen atoms in total. The Bertz CT molecular complexity index is 676. The van der Waals surface area contributed by atoms with Gasteiger partial charge >= 0.3 is 0 Å². The van der Waals surface area contributed by atoms with E-state index in [4.69, 9.17) is 9.57 Å². The molecule has 2 amide bonds. The van der Waals surface area contributed by atoms with Crippen molar-refractivity contribution >= 4 is 11.8 Å². The quantitative estimate of drug-likeness (QED) is 0.745. The molecule has 1 unspecified atom stereocenters. The van der Waals surface area contributed by atoms with Crippen LogP contribution in [0.5, 0.6) is 0 Å². The lowest BCUT2D eigenvalue weighted by Gasteiger charge is -2.22. The van der Waals surface area contributed by atoms with Gasteiger partial charge in [-0.2, -0.15) is 0 Å². The van der Waals surface area contributed by atoms with Crippen molar-refractivity contribution in [1.29, 1.82) is 0 Å². The van der Waals surface area contributed by atoms with Crippen LogP contribution in [0, 0.1) is 0 Å². The van der Waals surface area contributed by atoms with E-state index in [1.54, 1.807) is 24.3 Å². The summed E-state index contributed by atoms with van der Waals surface area (Å²) in [6.45, 7) is 0.391. The average Bonchev–Trinajstić information content (AvgIpc) is 2.67. The Hall–Kier alpha value is -2.70. The molecule has 6 heteroatoms. The number of nitrogens with one attached hydrogen (secondary N) is 1. The second-order valence-electron chi connectivity index (χ2n) is 5.41. The fourth-order valence-corrected chi connectivity index (χ4v) is 2.18. The lowest BCUT2D eigenvalue weighted by Crippen LogP contribution is -2.49. The molecular weight excluding hydrogens is 320 g/mol. The summed E-state index contributed by atoms with van der Waals surface area (Å²) in [5.41, 5.74) is 1.46. The summed E-state index contributed by atoms with van der Waals surface area (Å²) in [7, 11) is 2.88. The minimum atomic E-state index is -0.846. The Morgan fingerprint density at radius 3 is 2.24 bits per heavy atom.